The third kappa shape index (κ3) is 11.1. The van der Waals surface area contributed by atoms with Gasteiger partial charge in [0.1, 0.15) is 38.5 Å². The Hall–Kier alpha value is -8.39. The Morgan fingerprint density at radius 1 is 0.453 bits per heavy atom. The Morgan fingerprint density at radius 2 is 1.00 bits per heavy atom. The fourth-order valence-corrected chi connectivity index (χ4v) is 10.5. The Labute approximate surface area is 427 Å². The van der Waals surface area contributed by atoms with Crippen LogP contribution in [0.25, 0.3) is 42.3 Å². The number of phenols is 3. The largest absolute Gasteiger partial charge is 0.505 e. The van der Waals surface area contributed by atoms with Gasteiger partial charge >= 0.3 is 0 Å². The summed E-state index contributed by atoms with van der Waals surface area (Å²) in [5, 5.41) is 65.3. The van der Waals surface area contributed by atoms with E-state index in [4.69, 9.17) is 0 Å². The molecule has 0 aliphatic heterocycles. The Morgan fingerprint density at radius 3 is 1.61 bits per heavy atom. The van der Waals surface area contributed by atoms with E-state index in [9.17, 15) is 67.2 Å². The molecule has 29 heteroatoms. The topological polar surface area (TPSA) is 390 Å². The molecule has 380 valence electrons. The average molecular weight is 1110 g/mol. The molecule has 0 saturated carbocycles. The minimum atomic E-state index is -5.37. The van der Waals surface area contributed by atoms with Gasteiger partial charge < -0.3 is 15.3 Å². The van der Waals surface area contributed by atoms with E-state index < -0.39 is 105 Å². The lowest BCUT2D eigenvalue weighted by molar-refractivity contribution is 0.452. The van der Waals surface area contributed by atoms with E-state index in [2.05, 4.69) is 45.9 Å². The number of aryl methyl sites for hydroxylation is 1. The van der Waals surface area contributed by atoms with Gasteiger partial charge in [0, 0.05) is 28.5 Å². The van der Waals surface area contributed by atoms with Gasteiger partial charge in [-0.15, -0.1) is 42.0 Å². The molecule has 0 unspecified atom stereocenters. The maximum atomic E-state index is 12.9. The zero-order valence-corrected chi connectivity index (χ0v) is 41.7. The molecule has 1 heterocycles. The number of nitrogens with zero attached hydrogens (tertiary/aromatic N) is 9. The molecule has 7 N–H and O–H groups in total. The number of fused-ring (bicyclic) bond motifs is 3. The minimum Gasteiger partial charge on any atom is -0.505 e. The van der Waals surface area contributed by atoms with Crippen LogP contribution in [0, 0.1) is 6.92 Å². The molecular formula is C46H31N9O15S5. The van der Waals surface area contributed by atoms with Crippen molar-refractivity contribution in [3.05, 3.63) is 133 Å². The average Bonchev–Trinajstić information content (AvgIpc) is 3.78. The first-order valence-corrected chi connectivity index (χ1v) is 27.5. The van der Waals surface area contributed by atoms with Gasteiger partial charge in [-0.1, -0.05) is 12.1 Å². The second-order valence-electron chi connectivity index (χ2n) is 16.0. The number of aromatic nitrogens is 1. The summed E-state index contributed by atoms with van der Waals surface area (Å²) in [6, 6.07) is 27.0. The number of hydrogen-bond donors (Lipinski definition) is 7. The molecule has 1 aromatic heterocycles. The monoisotopic (exact) mass is 1110 g/mol. The second-order valence-corrected chi connectivity index (χ2v) is 22.7. The first-order chi connectivity index (χ1) is 35.3. The van der Waals surface area contributed by atoms with Gasteiger partial charge in [-0.25, -0.2) is 4.98 Å². The second kappa shape index (κ2) is 19.5. The van der Waals surface area contributed by atoms with E-state index in [-0.39, 0.29) is 33.5 Å². The lowest BCUT2D eigenvalue weighted by Gasteiger charge is -2.12. The van der Waals surface area contributed by atoms with Crippen LogP contribution < -0.4 is 0 Å². The summed E-state index contributed by atoms with van der Waals surface area (Å²) >= 11 is 1.52. The molecule has 0 saturated heterocycles. The van der Waals surface area contributed by atoms with Gasteiger partial charge in [-0.3, -0.25) is 18.2 Å². The molecule has 0 radical (unpaired) electrons. The standard InChI is InChI=1S/C46H31N9O15S5/c1-23-2-13-35-41(16-23)71-46(47-35)24-3-5-26(6-4-24)49-52-36-21-37(40(57)22-39(36)56)53-54-38-20-30(74(65,66)67)17-25-18-42(75(68,69)70)44(45(58)43(25)38)55-51-33-14-15-34(32-19-29(73(62,63)64)11-12-31(32)33)50-48-27-7-9-28(10-8-27)72(59,60)61/h2-22,56-58H,1H3,(H,59,60,61)(H,62,63,64)(H,65,66,67)(H,68,69,70). The maximum Gasteiger partial charge on any atom is 0.296 e. The Bertz CT molecular complexity index is 4460. The van der Waals surface area contributed by atoms with Crippen molar-refractivity contribution < 1.29 is 67.2 Å². The normalized spacial score (nSPS) is 13.0. The van der Waals surface area contributed by atoms with Crippen LogP contribution >= 0.6 is 11.3 Å². The van der Waals surface area contributed by atoms with Gasteiger partial charge in [0.2, 0.25) is 0 Å². The fourth-order valence-electron chi connectivity index (χ4n) is 7.25. The molecule has 0 bridgehead atoms. The van der Waals surface area contributed by atoms with Crippen molar-refractivity contribution in [2.75, 3.05) is 0 Å². The van der Waals surface area contributed by atoms with Gasteiger partial charge in [0.25, 0.3) is 40.5 Å². The van der Waals surface area contributed by atoms with Crippen LogP contribution in [-0.2, 0) is 40.5 Å². The lowest BCUT2D eigenvalue weighted by atomic mass is 10.1. The number of hydrogen-bond acceptors (Lipinski definition) is 21. The SMILES string of the molecule is Cc1ccc2nc(-c3ccc(N=Nc4cc(N=Nc5cc(S(=O)(=O)O)cc6cc(S(=O)(=O)O)c(N=Nc7ccc(N=Nc8ccc(S(=O)(=O)O)cc8)c8cc(S(=O)(=O)O)ccc78)c(O)c56)c(O)cc4O)cc3)sc2c1. The molecule has 0 aliphatic carbocycles. The molecule has 0 fully saturated rings. The van der Waals surface area contributed by atoms with Crippen molar-refractivity contribution in [1.82, 2.24) is 4.98 Å². The number of benzene rings is 8. The molecular weight excluding hydrogens is 1080 g/mol. The van der Waals surface area contributed by atoms with E-state index in [0.717, 1.165) is 74.9 Å². The maximum absolute atomic E-state index is 12.9. The quantitative estimate of drug-likeness (QED) is 0.0416. The first-order valence-electron chi connectivity index (χ1n) is 20.9. The van der Waals surface area contributed by atoms with Crippen LogP contribution in [0.3, 0.4) is 0 Å². The van der Waals surface area contributed by atoms with E-state index >= 15 is 0 Å². The summed E-state index contributed by atoms with van der Waals surface area (Å²) in [5.41, 5.74) is 0.808. The summed E-state index contributed by atoms with van der Waals surface area (Å²) in [4.78, 5) is 1.61. The zero-order valence-electron chi connectivity index (χ0n) is 37.6. The predicted molar refractivity (Wildman–Crippen MR) is 272 cm³/mol. The van der Waals surface area contributed by atoms with Crippen LogP contribution in [-0.4, -0.2) is 72.2 Å². The summed E-state index contributed by atoms with van der Waals surface area (Å²) in [6.07, 6.45) is 0. The number of rotatable bonds is 13. The smallest absolute Gasteiger partial charge is 0.296 e. The highest BCUT2D eigenvalue weighted by Gasteiger charge is 2.26. The van der Waals surface area contributed by atoms with Crippen LogP contribution in [0.5, 0.6) is 17.2 Å². The zero-order chi connectivity index (χ0) is 53.8. The van der Waals surface area contributed by atoms with Gasteiger partial charge in [0.15, 0.2) is 5.75 Å². The van der Waals surface area contributed by atoms with Crippen molar-refractivity contribution in [3.63, 3.8) is 0 Å². The third-order valence-corrected chi connectivity index (χ3v) is 15.3. The minimum absolute atomic E-state index is 0.0337. The van der Waals surface area contributed by atoms with Gasteiger partial charge in [-0.05, 0) is 121 Å². The Kier molecular flexibility index (Phi) is 13.4. The van der Waals surface area contributed by atoms with Crippen LogP contribution in [0.4, 0.5) is 45.5 Å². The lowest BCUT2D eigenvalue weighted by Crippen LogP contribution is -2.01. The highest BCUT2D eigenvalue weighted by Crippen LogP contribution is 2.48. The van der Waals surface area contributed by atoms with Crippen LogP contribution in [0.15, 0.2) is 188 Å². The van der Waals surface area contributed by atoms with E-state index in [1.54, 1.807) is 24.3 Å². The molecule has 24 nitrogen and oxygen atoms in total. The fraction of sp³-hybridized carbons (Fsp3) is 0.0217. The number of phenolic OH excluding ortho intramolecular Hbond substituents is 3. The molecule has 75 heavy (non-hydrogen) atoms. The van der Waals surface area contributed by atoms with Crippen molar-refractivity contribution in [1.29, 1.82) is 0 Å². The van der Waals surface area contributed by atoms with Gasteiger partial charge in [0.05, 0.1) is 58.7 Å². The third-order valence-electron chi connectivity index (χ3n) is 10.9. The molecule has 9 rings (SSSR count). The summed E-state index contributed by atoms with van der Waals surface area (Å²) < 4.78 is 138. The highest BCUT2D eigenvalue weighted by molar-refractivity contribution is 7.86. The predicted octanol–water partition coefficient (Wildman–Crippen LogP) is 12.3. The van der Waals surface area contributed by atoms with Crippen molar-refractivity contribution >= 4 is 129 Å². The molecule has 8 aromatic carbocycles. The molecule has 0 amide bonds. The summed E-state index contributed by atoms with van der Waals surface area (Å²) in [6.45, 7) is 1.99. The van der Waals surface area contributed by atoms with Crippen LogP contribution in [0.2, 0.25) is 0 Å². The molecule has 0 atom stereocenters. The number of azo groups is 4. The summed E-state index contributed by atoms with van der Waals surface area (Å²) in [7, 11) is -19.8. The molecule has 0 spiro atoms. The number of aromatic hydroxyl groups is 3. The first kappa shape index (κ1) is 51.5. The van der Waals surface area contributed by atoms with E-state index in [1.165, 1.54) is 41.7 Å². The summed E-state index contributed by atoms with van der Waals surface area (Å²) in [5.74, 6) is -2.32. The van der Waals surface area contributed by atoms with E-state index in [0.29, 0.717) is 11.8 Å². The molecule has 0 aliphatic rings. The van der Waals surface area contributed by atoms with Crippen molar-refractivity contribution in [3.8, 4) is 27.8 Å². The van der Waals surface area contributed by atoms with Crippen molar-refractivity contribution in [2.45, 2.75) is 26.5 Å². The van der Waals surface area contributed by atoms with E-state index in [1.807, 2.05) is 25.1 Å². The number of thiazole rings is 1. The Balaban J connectivity index is 1.09. The van der Waals surface area contributed by atoms with Crippen LogP contribution in [0.1, 0.15) is 5.56 Å². The highest BCUT2D eigenvalue weighted by atomic mass is 32.2. The van der Waals surface area contributed by atoms with Gasteiger partial charge in [-0.2, -0.15) is 43.9 Å². The van der Waals surface area contributed by atoms with Crippen molar-refractivity contribution in [2.24, 2.45) is 40.9 Å². The molecule has 9 aromatic rings.